The summed E-state index contributed by atoms with van der Waals surface area (Å²) in [4.78, 5) is 0. The van der Waals surface area contributed by atoms with Gasteiger partial charge in [-0.15, -0.1) is 0 Å². The van der Waals surface area contributed by atoms with Crippen LogP contribution in [-0.4, -0.2) is 37.6 Å². The van der Waals surface area contributed by atoms with E-state index in [1.807, 2.05) is 0 Å². The third-order valence-electron chi connectivity index (χ3n) is 2.50. The lowest BCUT2D eigenvalue weighted by Crippen LogP contribution is -2.32. The SMILES string of the molecule is C=CO[C@@H]1CO[C@H]2[C@@H]1OC[C@H]2OC=C. The minimum absolute atomic E-state index is 0.0436. The topological polar surface area (TPSA) is 36.9 Å². The molecule has 2 fully saturated rings. The van der Waals surface area contributed by atoms with Crippen LogP contribution < -0.4 is 0 Å². The van der Waals surface area contributed by atoms with Crippen molar-refractivity contribution in [3.8, 4) is 0 Å². The van der Waals surface area contributed by atoms with Crippen LogP contribution in [0.4, 0.5) is 0 Å². The lowest BCUT2D eigenvalue weighted by Gasteiger charge is -2.15. The summed E-state index contributed by atoms with van der Waals surface area (Å²) >= 11 is 0. The molecule has 14 heavy (non-hydrogen) atoms. The van der Waals surface area contributed by atoms with E-state index >= 15 is 0 Å². The molecule has 0 aromatic carbocycles. The Balaban J connectivity index is 1.96. The van der Waals surface area contributed by atoms with Crippen molar-refractivity contribution in [2.45, 2.75) is 24.4 Å². The summed E-state index contributed by atoms with van der Waals surface area (Å²) in [5, 5.41) is 0. The molecule has 4 nitrogen and oxygen atoms in total. The zero-order valence-corrected chi connectivity index (χ0v) is 7.93. The van der Waals surface area contributed by atoms with Gasteiger partial charge in [0.05, 0.1) is 25.7 Å². The maximum Gasteiger partial charge on any atom is 0.150 e. The Bertz CT molecular complexity index is 204. The van der Waals surface area contributed by atoms with Crippen LogP contribution in [0.3, 0.4) is 0 Å². The van der Waals surface area contributed by atoms with Gasteiger partial charge in [0.2, 0.25) is 0 Å². The Kier molecular flexibility index (Phi) is 2.74. The molecule has 0 amide bonds. The molecule has 0 aromatic rings. The minimum Gasteiger partial charge on any atom is -0.493 e. The summed E-state index contributed by atoms with van der Waals surface area (Å²) < 4.78 is 21.6. The third kappa shape index (κ3) is 1.51. The molecule has 78 valence electrons. The van der Waals surface area contributed by atoms with Gasteiger partial charge >= 0.3 is 0 Å². The van der Waals surface area contributed by atoms with Gasteiger partial charge in [0.25, 0.3) is 0 Å². The maximum atomic E-state index is 5.54. The molecule has 0 bridgehead atoms. The molecule has 2 aliphatic rings. The molecule has 0 radical (unpaired) electrons. The van der Waals surface area contributed by atoms with E-state index in [0.29, 0.717) is 13.2 Å². The fourth-order valence-electron chi connectivity index (χ4n) is 1.91. The Morgan fingerprint density at radius 1 is 0.929 bits per heavy atom. The molecular formula is C10H14O4. The Morgan fingerprint density at radius 2 is 1.36 bits per heavy atom. The number of hydrogen-bond acceptors (Lipinski definition) is 4. The first-order valence-corrected chi connectivity index (χ1v) is 4.62. The lowest BCUT2D eigenvalue weighted by atomic mass is 10.1. The minimum atomic E-state index is -0.0593. The van der Waals surface area contributed by atoms with Crippen molar-refractivity contribution in [3.05, 3.63) is 25.7 Å². The van der Waals surface area contributed by atoms with Crippen LogP contribution in [0.25, 0.3) is 0 Å². The molecule has 4 heteroatoms. The molecule has 0 aliphatic carbocycles. The molecular weight excluding hydrogens is 184 g/mol. The molecule has 0 N–H and O–H groups in total. The fourth-order valence-corrected chi connectivity index (χ4v) is 1.91. The van der Waals surface area contributed by atoms with Crippen LogP contribution in [0.15, 0.2) is 25.7 Å². The maximum absolute atomic E-state index is 5.54. The second-order valence-corrected chi connectivity index (χ2v) is 3.28. The standard InChI is InChI=1S/C10H14O4/c1-3-11-7-5-13-10-8(12-4-2)6-14-9(7)10/h3-4,7-10H,1-2,5-6H2/t7-,8-,9-,10-/m1/s1. The fraction of sp³-hybridized carbons (Fsp3) is 0.600. The smallest absolute Gasteiger partial charge is 0.150 e. The van der Waals surface area contributed by atoms with Gasteiger partial charge in [0, 0.05) is 0 Å². The van der Waals surface area contributed by atoms with Crippen LogP contribution >= 0.6 is 0 Å². The summed E-state index contributed by atoms with van der Waals surface area (Å²) in [5.74, 6) is 0. The first-order valence-electron chi connectivity index (χ1n) is 4.62. The van der Waals surface area contributed by atoms with Gasteiger partial charge in [-0.05, 0) is 0 Å². The lowest BCUT2D eigenvalue weighted by molar-refractivity contribution is -0.00737. The zero-order chi connectivity index (χ0) is 9.97. The summed E-state index contributed by atoms with van der Waals surface area (Å²) in [7, 11) is 0. The van der Waals surface area contributed by atoms with Gasteiger partial charge in [-0.3, -0.25) is 0 Å². The molecule has 2 saturated heterocycles. The van der Waals surface area contributed by atoms with Crippen LogP contribution in [0.1, 0.15) is 0 Å². The Morgan fingerprint density at radius 3 is 1.71 bits per heavy atom. The van der Waals surface area contributed by atoms with Crippen LogP contribution in [0.5, 0.6) is 0 Å². The number of fused-ring (bicyclic) bond motifs is 1. The largest absolute Gasteiger partial charge is 0.493 e. The van der Waals surface area contributed by atoms with Crippen molar-refractivity contribution in [2.24, 2.45) is 0 Å². The van der Waals surface area contributed by atoms with Gasteiger partial charge < -0.3 is 18.9 Å². The molecule has 2 rings (SSSR count). The number of hydrogen-bond donors (Lipinski definition) is 0. The molecule has 2 heterocycles. The van der Waals surface area contributed by atoms with Crippen molar-refractivity contribution in [1.29, 1.82) is 0 Å². The van der Waals surface area contributed by atoms with E-state index in [2.05, 4.69) is 13.2 Å². The van der Waals surface area contributed by atoms with Crippen LogP contribution in [0.2, 0.25) is 0 Å². The van der Waals surface area contributed by atoms with Gasteiger partial charge in [-0.1, -0.05) is 13.2 Å². The second-order valence-electron chi connectivity index (χ2n) is 3.28. The highest BCUT2D eigenvalue weighted by Gasteiger charge is 2.49. The van der Waals surface area contributed by atoms with Crippen molar-refractivity contribution in [3.63, 3.8) is 0 Å². The normalized spacial score (nSPS) is 40.3. The number of ether oxygens (including phenoxy) is 4. The average Bonchev–Trinajstić information content (AvgIpc) is 2.72. The monoisotopic (exact) mass is 198 g/mol. The average molecular weight is 198 g/mol. The van der Waals surface area contributed by atoms with Crippen molar-refractivity contribution in [2.75, 3.05) is 13.2 Å². The van der Waals surface area contributed by atoms with E-state index in [1.165, 1.54) is 12.5 Å². The van der Waals surface area contributed by atoms with E-state index in [1.54, 1.807) is 0 Å². The number of rotatable bonds is 4. The second kappa shape index (κ2) is 4.02. The van der Waals surface area contributed by atoms with E-state index in [0.717, 1.165) is 0 Å². The first-order chi connectivity index (χ1) is 6.86. The quantitative estimate of drug-likeness (QED) is 0.627. The Labute approximate surface area is 83.1 Å². The Hall–Kier alpha value is -1.00. The van der Waals surface area contributed by atoms with Gasteiger partial charge in [-0.2, -0.15) is 0 Å². The molecule has 2 aliphatic heterocycles. The molecule has 0 spiro atoms. The predicted octanol–water partition coefficient (Wildman–Crippen LogP) is 0.841. The summed E-state index contributed by atoms with van der Waals surface area (Å²) in [6.07, 6.45) is 2.63. The first kappa shape index (κ1) is 9.55. The van der Waals surface area contributed by atoms with Crippen molar-refractivity contribution < 1.29 is 18.9 Å². The van der Waals surface area contributed by atoms with Crippen molar-refractivity contribution >= 4 is 0 Å². The van der Waals surface area contributed by atoms with Gasteiger partial charge in [0.1, 0.15) is 24.4 Å². The third-order valence-corrected chi connectivity index (χ3v) is 2.50. The van der Waals surface area contributed by atoms with Crippen LogP contribution in [-0.2, 0) is 18.9 Å². The van der Waals surface area contributed by atoms with Crippen molar-refractivity contribution in [1.82, 2.24) is 0 Å². The predicted molar refractivity (Wildman–Crippen MR) is 49.6 cm³/mol. The summed E-state index contributed by atoms with van der Waals surface area (Å²) in [5.41, 5.74) is 0. The highest BCUT2D eigenvalue weighted by molar-refractivity contribution is 4.96. The zero-order valence-electron chi connectivity index (χ0n) is 7.93. The molecule has 4 atom stereocenters. The summed E-state index contributed by atoms with van der Waals surface area (Å²) in [6, 6.07) is 0. The molecule has 0 unspecified atom stereocenters. The van der Waals surface area contributed by atoms with Gasteiger partial charge in [0.15, 0.2) is 0 Å². The van der Waals surface area contributed by atoms with E-state index in [-0.39, 0.29) is 24.4 Å². The van der Waals surface area contributed by atoms with Gasteiger partial charge in [-0.25, -0.2) is 0 Å². The van der Waals surface area contributed by atoms with E-state index in [9.17, 15) is 0 Å². The molecule has 0 saturated carbocycles. The highest BCUT2D eigenvalue weighted by atomic mass is 16.6. The molecule has 0 aromatic heterocycles. The van der Waals surface area contributed by atoms with E-state index < -0.39 is 0 Å². The summed E-state index contributed by atoms with van der Waals surface area (Å²) in [6.45, 7) is 8.08. The van der Waals surface area contributed by atoms with E-state index in [4.69, 9.17) is 18.9 Å². The highest BCUT2D eigenvalue weighted by Crippen LogP contribution is 2.30. The van der Waals surface area contributed by atoms with Crippen LogP contribution in [0, 0.1) is 0 Å².